The summed E-state index contributed by atoms with van der Waals surface area (Å²) in [7, 11) is 2.00. The summed E-state index contributed by atoms with van der Waals surface area (Å²) in [6.07, 6.45) is 4.32. The maximum absolute atomic E-state index is 13.3. The highest BCUT2D eigenvalue weighted by Crippen LogP contribution is 2.50. The van der Waals surface area contributed by atoms with E-state index in [0.29, 0.717) is 42.6 Å². The van der Waals surface area contributed by atoms with Crippen LogP contribution in [0.4, 0.5) is 0 Å². The summed E-state index contributed by atoms with van der Waals surface area (Å²) in [6.45, 7) is 2.65. The van der Waals surface area contributed by atoms with Gasteiger partial charge in [-0.25, -0.2) is 0 Å². The van der Waals surface area contributed by atoms with Crippen molar-refractivity contribution in [1.29, 1.82) is 0 Å². The molecule has 2 aliphatic carbocycles. The lowest BCUT2D eigenvalue weighted by atomic mass is 9.71. The molecule has 2 aromatic rings. The van der Waals surface area contributed by atoms with Gasteiger partial charge in [-0.2, -0.15) is 0 Å². The van der Waals surface area contributed by atoms with Crippen LogP contribution in [0.1, 0.15) is 62.5 Å². The van der Waals surface area contributed by atoms with Gasteiger partial charge < -0.3 is 14.4 Å². The van der Waals surface area contributed by atoms with Gasteiger partial charge in [0.25, 0.3) is 0 Å². The van der Waals surface area contributed by atoms with E-state index in [2.05, 4.69) is 20.8 Å². The van der Waals surface area contributed by atoms with Gasteiger partial charge in [-0.05, 0) is 56.4 Å². The van der Waals surface area contributed by atoms with Crippen LogP contribution in [-0.2, 0) is 16.2 Å². The van der Waals surface area contributed by atoms with E-state index in [0.717, 1.165) is 63.8 Å². The molecule has 5 rings (SSSR count). The molecule has 0 bridgehead atoms. The van der Waals surface area contributed by atoms with E-state index >= 15 is 0 Å². The lowest BCUT2D eigenvalue weighted by Gasteiger charge is -2.42. The molecule has 36 heavy (non-hydrogen) atoms. The minimum absolute atomic E-state index is 0.112. The fourth-order valence-electron chi connectivity index (χ4n) is 5.61. The molecule has 0 atom stereocenters. The second-order valence-electron chi connectivity index (χ2n) is 9.41. The van der Waals surface area contributed by atoms with Crippen molar-refractivity contribution in [2.45, 2.75) is 58.0 Å². The Balaban J connectivity index is 1.60. The normalized spacial score (nSPS) is 18.4. The average Bonchev–Trinajstić information content (AvgIpc) is 2.86. The van der Waals surface area contributed by atoms with Crippen LogP contribution in [0.5, 0.6) is 11.5 Å². The highest BCUT2D eigenvalue weighted by Gasteiger charge is 2.42. The molecule has 0 fully saturated rings. The third kappa shape index (κ3) is 4.50. The van der Waals surface area contributed by atoms with Gasteiger partial charge in [0, 0.05) is 58.4 Å². The summed E-state index contributed by atoms with van der Waals surface area (Å²) in [5, 5.41) is 0.401. The quantitative estimate of drug-likeness (QED) is 0.370. The minimum atomic E-state index is -0.430. The number of benzene rings is 2. The lowest BCUT2D eigenvalue weighted by molar-refractivity contribution is -0.117. The number of allylic oxidation sites excluding steroid dienone is 4. The standard InChI is InChI=1S/C29H29BrClNO4/c1-3-35-25-15-18(14-20(31)29(25)36-16-17-8-4-5-9-19(17)30)26-27-21(10-6-12-23(27)33)32(2)22-11-7-13-24(34)28(22)26/h4-5,8-9,14-15,26H,3,6-7,10-13,16H2,1-2H3. The molecule has 5 nitrogen and oxygen atoms in total. The molecule has 0 amide bonds. The summed E-state index contributed by atoms with van der Waals surface area (Å²) < 4.78 is 13.1. The number of carbonyl (C=O) groups is 2. The Morgan fingerprint density at radius 1 is 0.972 bits per heavy atom. The monoisotopic (exact) mass is 569 g/mol. The van der Waals surface area contributed by atoms with Gasteiger partial charge in [0.15, 0.2) is 23.1 Å². The summed E-state index contributed by atoms with van der Waals surface area (Å²) in [5.41, 5.74) is 5.33. The van der Waals surface area contributed by atoms with Gasteiger partial charge in [-0.15, -0.1) is 0 Å². The van der Waals surface area contributed by atoms with Crippen LogP contribution in [0.15, 0.2) is 63.4 Å². The Bertz CT molecular complexity index is 1250. The van der Waals surface area contributed by atoms with E-state index in [9.17, 15) is 9.59 Å². The third-order valence-electron chi connectivity index (χ3n) is 7.24. The van der Waals surface area contributed by atoms with Crippen molar-refractivity contribution >= 4 is 39.1 Å². The highest BCUT2D eigenvalue weighted by atomic mass is 79.9. The van der Waals surface area contributed by atoms with E-state index in [1.807, 2.05) is 50.4 Å². The van der Waals surface area contributed by atoms with Crippen LogP contribution < -0.4 is 9.47 Å². The van der Waals surface area contributed by atoms with E-state index in [4.69, 9.17) is 21.1 Å². The molecule has 0 saturated carbocycles. The largest absolute Gasteiger partial charge is 0.490 e. The lowest BCUT2D eigenvalue weighted by Crippen LogP contribution is -2.37. The van der Waals surface area contributed by atoms with Crippen molar-refractivity contribution in [2.24, 2.45) is 0 Å². The summed E-state index contributed by atoms with van der Waals surface area (Å²) >= 11 is 10.4. The first-order valence-electron chi connectivity index (χ1n) is 12.5. The summed E-state index contributed by atoms with van der Waals surface area (Å²) in [4.78, 5) is 28.7. The van der Waals surface area contributed by atoms with Crippen LogP contribution in [0, 0.1) is 0 Å². The minimum Gasteiger partial charge on any atom is -0.490 e. The SMILES string of the molecule is CCOc1cc(C2C3=C(CCCC3=O)N(C)C3=C2C(=O)CCC3)cc(Cl)c1OCc1ccccc1Br. The number of carbonyl (C=O) groups excluding carboxylic acids is 2. The maximum atomic E-state index is 13.3. The molecule has 1 aliphatic heterocycles. The van der Waals surface area contributed by atoms with Gasteiger partial charge in [0.05, 0.1) is 11.6 Å². The van der Waals surface area contributed by atoms with E-state index in [1.54, 1.807) is 0 Å². The van der Waals surface area contributed by atoms with E-state index < -0.39 is 5.92 Å². The molecule has 0 unspecified atom stereocenters. The van der Waals surface area contributed by atoms with Crippen LogP contribution in [-0.4, -0.2) is 30.1 Å². The van der Waals surface area contributed by atoms with Gasteiger partial charge in [0.2, 0.25) is 0 Å². The molecule has 3 aliphatic rings. The van der Waals surface area contributed by atoms with Crippen molar-refractivity contribution < 1.29 is 19.1 Å². The zero-order valence-corrected chi connectivity index (χ0v) is 22.9. The first kappa shape index (κ1) is 25.1. The number of nitrogens with zero attached hydrogens (tertiary/aromatic N) is 1. The topological polar surface area (TPSA) is 55.8 Å². The number of rotatable bonds is 6. The first-order chi connectivity index (χ1) is 17.4. The van der Waals surface area contributed by atoms with Gasteiger partial charge in [-0.3, -0.25) is 9.59 Å². The van der Waals surface area contributed by atoms with Gasteiger partial charge in [-0.1, -0.05) is 45.7 Å². The fraction of sp³-hybridized carbons (Fsp3) is 0.379. The van der Waals surface area contributed by atoms with Crippen LogP contribution in [0.3, 0.4) is 0 Å². The Morgan fingerprint density at radius 3 is 2.22 bits per heavy atom. The molecule has 0 spiro atoms. The number of ether oxygens (including phenoxy) is 2. The van der Waals surface area contributed by atoms with E-state index in [1.165, 1.54) is 0 Å². The summed E-state index contributed by atoms with van der Waals surface area (Å²) in [6, 6.07) is 11.6. The van der Waals surface area contributed by atoms with E-state index in [-0.39, 0.29) is 11.6 Å². The third-order valence-corrected chi connectivity index (χ3v) is 8.29. The molecule has 0 saturated heterocycles. The number of hydrogen-bond acceptors (Lipinski definition) is 5. The highest BCUT2D eigenvalue weighted by molar-refractivity contribution is 9.10. The van der Waals surface area contributed by atoms with Crippen LogP contribution in [0.2, 0.25) is 5.02 Å². The molecule has 0 N–H and O–H groups in total. The summed E-state index contributed by atoms with van der Waals surface area (Å²) in [5.74, 6) is 0.768. The molecule has 1 heterocycles. The Morgan fingerprint density at radius 2 is 1.61 bits per heavy atom. The predicted octanol–water partition coefficient (Wildman–Crippen LogP) is 7.12. The van der Waals surface area contributed by atoms with Crippen molar-refractivity contribution in [1.82, 2.24) is 4.90 Å². The van der Waals surface area contributed by atoms with Gasteiger partial charge >= 0.3 is 0 Å². The number of halogens is 2. The average molecular weight is 571 g/mol. The van der Waals surface area contributed by atoms with Crippen molar-refractivity contribution in [3.05, 3.63) is 79.6 Å². The molecule has 0 aromatic heterocycles. The van der Waals surface area contributed by atoms with Crippen LogP contribution in [0.25, 0.3) is 0 Å². The molecule has 2 aromatic carbocycles. The molecule has 0 radical (unpaired) electrons. The zero-order chi connectivity index (χ0) is 25.4. The maximum Gasteiger partial charge on any atom is 0.180 e. The number of Topliss-reactive ketones (excluding diaryl/α,β-unsaturated/α-hetero) is 2. The van der Waals surface area contributed by atoms with Crippen molar-refractivity contribution in [3.8, 4) is 11.5 Å². The smallest absolute Gasteiger partial charge is 0.180 e. The Labute approximate surface area is 225 Å². The Kier molecular flexibility index (Phi) is 7.27. The zero-order valence-electron chi connectivity index (χ0n) is 20.5. The fourth-order valence-corrected chi connectivity index (χ4v) is 6.28. The predicted molar refractivity (Wildman–Crippen MR) is 143 cm³/mol. The van der Waals surface area contributed by atoms with Crippen molar-refractivity contribution in [2.75, 3.05) is 13.7 Å². The number of hydrogen-bond donors (Lipinski definition) is 0. The second kappa shape index (κ2) is 10.4. The molecular weight excluding hydrogens is 542 g/mol. The van der Waals surface area contributed by atoms with Gasteiger partial charge in [0.1, 0.15) is 6.61 Å². The van der Waals surface area contributed by atoms with Crippen LogP contribution >= 0.6 is 27.5 Å². The number of ketones is 2. The molecule has 7 heteroatoms. The molecule has 188 valence electrons. The second-order valence-corrected chi connectivity index (χ2v) is 10.7. The Hall–Kier alpha value is -2.57. The molecular formula is C29H29BrClNO4. The first-order valence-corrected chi connectivity index (χ1v) is 13.7. The van der Waals surface area contributed by atoms with Crippen molar-refractivity contribution in [3.63, 3.8) is 0 Å².